The van der Waals surface area contributed by atoms with E-state index in [0.717, 1.165) is 22.7 Å². The molecule has 2 amide bonds. The molecule has 8 nitrogen and oxygen atoms in total. The Balaban J connectivity index is 1.81. The molecular weight excluding hydrogens is 645 g/mol. The van der Waals surface area contributed by atoms with Crippen LogP contribution in [0.1, 0.15) is 30.9 Å². The number of benzene rings is 4. The number of ether oxygens (including phenoxy) is 1. The van der Waals surface area contributed by atoms with Gasteiger partial charge < -0.3 is 15.0 Å². The minimum absolute atomic E-state index is 0.00800. The first kappa shape index (κ1) is 34.8. The van der Waals surface area contributed by atoms with Crippen molar-refractivity contribution in [2.75, 3.05) is 24.5 Å². The van der Waals surface area contributed by atoms with Crippen LogP contribution in [0.25, 0.3) is 0 Å². The second-order valence-electron chi connectivity index (χ2n) is 10.6. The number of halogens is 2. The highest BCUT2D eigenvalue weighted by Gasteiger charge is 2.34. The molecule has 0 aliphatic rings. The Morgan fingerprint density at radius 1 is 0.848 bits per heavy atom. The Bertz CT molecular complexity index is 1720. The SMILES string of the molecule is CCCCNC(=O)[C@@H](Cc1ccccc1)N(Cc1cccc(OC)c1)C(=O)CN(c1ccc(Cl)c(Cl)c1)S(=O)(=O)c1ccccc1. The number of hydrogen-bond acceptors (Lipinski definition) is 5. The van der Waals surface area contributed by atoms with E-state index in [1.165, 1.54) is 35.2 Å². The number of carbonyl (C=O) groups excluding carboxylic acids is 2. The molecule has 0 unspecified atom stereocenters. The van der Waals surface area contributed by atoms with Crippen molar-refractivity contribution >= 4 is 50.7 Å². The number of anilines is 1. The lowest BCUT2D eigenvalue weighted by molar-refractivity contribution is -0.140. The Morgan fingerprint density at radius 3 is 2.17 bits per heavy atom. The highest BCUT2D eigenvalue weighted by atomic mass is 35.5. The number of carbonyl (C=O) groups is 2. The number of hydrogen-bond donors (Lipinski definition) is 1. The van der Waals surface area contributed by atoms with Crippen LogP contribution in [0.5, 0.6) is 5.75 Å². The third-order valence-corrected chi connectivity index (χ3v) is 9.92. The molecule has 4 aromatic rings. The van der Waals surface area contributed by atoms with E-state index >= 15 is 0 Å². The number of nitrogens with zero attached hydrogens (tertiary/aromatic N) is 2. The van der Waals surface area contributed by atoms with Crippen LogP contribution >= 0.6 is 23.2 Å². The smallest absolute Gasteiger partial charge is 0.264 e. The van der Waals surface area contributed by atoms with Crippen LogP contribution in [0.4, 0.5) is 5.69 Å². The zero-order valence-electron chi connectivity index (χ0n) is 25.7. The van der Waals surface area contributed by atoms with Crippen LogP contribution in [-0.2, 0) is 32.6 Å². The first-order valence-corrected chi connectivity index (χ1v) is 17.1. The molecule has 0 heterocycles. The van der Waals surface area contributed by atoms with Crippen molar-refractivity contribution in [3.63, 3.8) is 0 Å². The van der Waals surface area contributed by atoms with Gasteiger partial charge in [0.25, 0.3) is 10.0 Å². The van der Waals surface area contributed by atoms with Gasteiger partial charge in [0.1, 0.15) is 18.3 Å². The fraction of sp³-hybridized carbons (Fsp3) is 0.257. The van der Waals surface area contributed by atoms with Gasteiger partial charge >= 0.3 is 0 Å². The third-order valence-electron chi connectivity index (χ3n) is 7.39. The maximum Gasteiger partial charge on any atom is 0.264 e. The summed E-state index contributed by atoms with van der Waals surface area (Å²) in [7, 11) is -2.71. The monoisotopic (exact) mass is 681 g/mol. The largest absolute Gasteiger partial charge is 0.497 e. The minimum Gasteiger partial charge on any atom is -0.497 e. The average Bonchev–Trinajstić information content (AvgIpc) is 3.07. The minimum atomic E-state index is -4.25. The number of sulfonamides is 1. The van der Waals surface area contributed by atoms with Crippen molar-refractivity contribution in [1.82, 2.24) is 10.2 Å². The summed E-state index contributed by atoms with van der Waals surface area (Å²) in [6.45, 7) is 1.89. The zero-order valence-corrected chi connectivity index (χ0v) is 28.1. The maximum atomic E-state index is 14.5. The predicted molar refractivity (Wildman–Crippen MR) is 183 cm³/mol. The van der Waals surface area contributed by atoms with Crippen LogP contribution < -0.4 is 14.4 Å². The van der Waals surface area contributed by atoms with Crippen molar-refractivity contribution in [1.29, 1.82) is 0 Å². The number of methoxy groups -OCH3 is 1. The first-order valence-electron chi connectivity index (χ1n) is 14.9. The molecule has 0 saturated heterocycles. The Morgan fingerprint density at radius 2 is 1.52 bits per heavy atom. The molecule has 242 valence electrons. The number of nitrogens with one attached hydrogen (secondary N) is 1. The molecule has 0 aromatic heterocycles. The molecular formula is C35H37Cl2N3O5S. The van der Waals surface area contributed by atoms with Gasteiger partial charge in [-0.05, 0) is 60.0 Å². The maximum absolute atomic E-state index is 14.5. The van der Waals surface area contributed by atoms with Gasteiger partial charge in [0.05, 0.1) is 27.7 Å². The predicted octanol–water partition coefficient (Wildman–Crippen LogP) is 6.75. The fourth-order valence-corrected chi connectivity index (χ4v) is 6.64. The van der Waals surface area contributed by atoms with Crippen molar-refractivity contribution in [2.24, 2.45) is 0 Å². The van der Waals surface area contributed by atoms with Crippen molar-refractivity contribution in [3.05, 3.63) is 124 Å². The standard InChI is InChI=1S/C35H37Cl2N3O5S/c1-3-4-20-38-35(42)33(22-26-12-7-5-8-13-26)39(24-27-14-11-15-29(21-27)45-2)34(41)25-40(28-18-19-31(36)32(37)23-28)46(43,44)30-16-9-6-10-17-30/h5-19,21,23,33H,3-4,20,22,24-25H2,1-2H3,(H,38,42)/t33-/m1/s1. The normalized spacial score (nSPS) is 11.8. The van der Waals surface area contributed by atoms with Crippen LogP contribution in [0, 0.1) is 0 Å². The van der Waals surface area contributed by atoms with Gasteiger partial charge in [-0.1, -0.05) is 97.2 Å². The summed E-state index contributed by atoms with van der Waals surface area (Å²) in [5.41, 5.74) is 1.71. The van der Waals surface area contributed by atoms with E-state index in [1.807, 2.05) is 43.3 Å². The average molecular weight is 683 g/mol. The molecule has 0 aliphatic carbocycles. The molecule has 0 spiro atoms. The summed E-state index contributed by atoms with van der Waals surface area (Å²) in [5, 5.41) is 3.35. The number of unbranched alkanes of at least 4 members (excludes halogenated alkanes) is 1. The Hall–Kier alpha value is -4.05. The number of rotatable bonds is 15. The van der Waals surface area contributed by atoms with Gasteiger partial charge in [-0.3, -0.25) is 13.9 Å². The molecule has 0 fully saturated rings. The number of amides is 2. The van der Waals surface area contributed by atoms with E-state index < -0.39 is 28.5 Å². The van der Waals surface area contributed by atoms with E-state index in [4.69, 9.17) is 27.9 Å². The Kier molecular flexibility index (Phi) is 12.5. The second-order valence-corrected chi connectivity index (χ2v) is 13.3. The zero-order chi connectivity index (χ0) is 33.1. The lowest BCUT2D eigenvalue weighted by Crippen LogP contribution is -2.53. The van der Waals surface area contributed by atoms with E-state index in [-0.39, 0.29) is 39.5 Å². The van der Waals surface area contributed by atoms with Crippen LogP contribution in [-0.4, -0.2) is 51.4 Å². The molecule has 0 bridgehead atoms. The molecule has 11 heteroatoms. The summed E-state index contributed by atoms with van der Waals surface area (Å²) in [4.78, 5) is 29.8. The fourth-order valence-electron chi connectivity index (χ4n) is 4.92. The molecule has 1 atom stereocenters. The van der Waals surface area contributed by atoms with Gasteiger partial charge in [0.2, 0.25) is 11.8 Å². The molecule has 46 heavy (non-hydrogen) atoms. The summed E-state index contributed by atoms with van der Waals surface area (Å²) in [5.74, 6) is -0.332. The summed E-state index contributed by atoms with van der Waals surface area (Å²) in [6.07, 6.45) is 1.87. The van der Waals surface area contributed by atoms with E-state index in [1.54, 1.807) is 43.5 Å². The second kappa shape index (κ2) is 16.5. The topological polar surface area (TPSA) is 96.0 Å². The highest BCUT2D eigenvalue weighted by Crippen LogP contribution is 2.31. The summed E-state index contributed by atoms with van der Waals surface area (Å²) >= 11 is 12.5. The van der Waals surface area contributed by atoms with Crippen molar-refractivity contribution in [2.45, 2.75) is 43.7 Å². The first-order chi connectivity index (χ1) is 22.1. The van der Waals surface area contributed by atoms with Crippen molar-refractivity contribution < 1.29 is 22.7 Å². The molecule has 0 saturated carbocycles. The molecule has 0 radical (unpaired) electrons. The lowest BCUT2D eigenvalue weighted by Gasteiger charge is -2.34. The summed E-state index contributed by atoms with van der Waals surface area (Å²) in [6, 6.07) is 27.8. The van der Waals surface area contributed by atoms with E-state index in [0.29, 0.717) is 17.9 Å². The van der Waals surface area contributed by atoms with Gasteiger partial charge in [-0.25, -0.2) is 8.42 Å². The molecule has 1 N–H and O–H groups in total. The van der Waals surface area contributed by atoms with Crippen LogP contribution in [0.3, 0.4) is 0 Å². The van der Waals surface area contributed by atoms with Gasteiger partial charge in [-0.15, -0.1) is 0 Å². The van der Waals surface area contributed by atoms with Gasteiger partial charge in [0.15, 0.2) is 0 Å². The quantitative estimate of drug-likeness (QED) is 0.140. The van der Waals surface area contributed by atoms with Gasteiger partial charge in [0, 0.05) is 19.5 Å². The van der Waals surface area contributed by atoms with Gasteiger partial charge in [-0.2, -0.15) is 0 Å². The van der Waals surface area contributed by atoms with Crippen molar-refractivity contribution in [3.8, 4) is 5.75 Å². The highest BCUT2D eigenvalue weighted by molar-refractivity contribution is 7.92. The lowest BCUT2D eigenvalue weighted by atomic mass is 10.0. The van der Waals surface area contributed by atoms with E-state index in [2.05, 4.69) is 5.32 Å². The Labute approximate surface area is 280 Å². The molecule has 4 rings (SSSR count). The van der Waals surface area contributed by atoms with E-state index in [9.17, 15) is 18.0 Å². The molecule has 0 aliphatic heterocycles. The molecule has 4 aromatic carbocycles. The van der Waals surface area contributed by atoms with Crippen LogP contribution in [0.2, 0.25) is 10.0 Å². The summed E-state index contributed by atoms with van der Waals surface area (Å²) < 4.78 is 34.6. The van der Waals surface area contributed by atoms with Crippen LogP contribution in [0.15, 0.2) is 108 Å². The third kappa shape index (κ3) is 9.02.